The first-order valence-corrected chi connectivity index (χ1v) is 10.4. The molecule has 0 bridgehead atoms. The highest BCUT2D eigenvalue weighted by Crippen LogP contribution is 2.37. The van der Waals surface area contributed by atoms with Crippen molar-refractivity contribution in [2.24, 2.45) is 11.3 Å². The van der Waals surface area contributed by atoms with Crippen LogP contribution in [0.3, 0.4) is 0 Å². The Bertz CT molecular complexity index is 1090. The topological polar surface area (TPSA) is 136 Å². The Morgan fingerprint density at radius 3 is 2.10 bits per heavy atom. The SMILES string of the molecule is C/C(=C(/C(=O)NN)N(c1ccccc1)S(=O)(=O)c1ccccc1[N+](=O)[O-])C(C)(C)C. The number of nitrogens with zero attached hydrogens (tertiary/aromatic N) is 2. The number of nitro groups is 1. The summed E-state index contributed by atoms with van der Waals surface area (Å²) in [7, 11) is -4.57. The molecule has 0 fully saturated rings. The van der Waals surface area contributed by atoms with E-state index in [2.05, 4.69) is 0 Å². The number of nitrogens with one attached hydrogen (secondary N) is 1. The number of amides is 1. The minimum absolute atomic E-state index is 0.137. The summed E-state index contributed by atoms with van der Waals surface area (Å²) in [5.74, 6) is 4.53. The van der Waals surface area contributed by atoms with Crippen LogP contribution < -0.4 is 15.6 Å². The molecule has 0 saturated heterocycles. The number of sulfonamides is 1. The summed E-state index contributed by atoms with van der Waals surface area (Å²) in [6.07, 6.45) is 0. The molecule has 0 aliphatic heterocycles. The van der Waals surface area contributed by atoms with E-state index in [-0.39, 0.29) is 11.4 Å². The van der Waals surface area contributed by atoms with Crippen LogP contribution in [0.25, 0.3) is 0 Å². The first-order valence-electron chi connectivity index (χ1n) is 8.99. The molecule has 0 heterocycles. The fourth-order valence-electron chi connectivity index (χ4n) is 2.71. The fourth-order valence-corrected chi connectivity index (χ4v) is 4.43. The molecule has 0 saturated carbocycles. The van der Waals surface area contributed by atoms with Crippen molar-refractivity contribution in [3.05, 3.63) is 76.0 Å². The number of hydrazine groups is 1. The van der Waals surface area contributed by atoms with Crippen molar-refractivity contribution in [1.82, 2.24) is 5.43 Å². The van der Waals surface area contributed by atoms with Crippen molar-refractivity contribution >= 4 is 27.3 Å². The maximum atomic E-state index is 13.7. The van der Waals surface area contributed by atoms with Gasteiger partial charge in [0.1, 0.15) is 5.70 Å². The van der Waals surface area contributed by atoms with Crippen molar-refractivity contribution in [2.75, 3.05) is 4.31 Å². The van der Waals surface area contributed by atoms with Crippen molar-refractivity contribution in [3.8, 4) is 0 Å². The van der Waals surface area contributed by atoms with Crippen LogP contribution in [0.5, 0.6) is 0 Å². The van der Waals surface area contributed by atoms with Crippen LogP contribution in [-0.4, -0.2) is 19.2 Å². The highest BCUT2D eigenvalue weighted by Gasteiger charge is 2.38. The second-order valence-electron chi connectivity index (χ2n) is 7.53. The van der Waals surface area contributed by atoms with Crippen LogP contribution in [0, 0.1) is 15.5 Å². The number of nitrogens with two attached hydrogens (primary N) is 1. The molecule has 0 spiro atoms. The highest BCUT2D eigenvalue weighted by molar-refractivity contribution is 7.93. The summed E-state index contributed by atoms with van der Waals surface area (Å²) >= 11 is 0. The summed E-state index contributed by atoms with van der Waals surface area (Å²) in [6.45, 7) is 7.06. The number of hydrogen-bond acceptors (Lipinski definition) is 6. The van der Waals surface area contributed by atoms with Crippen LogP contribution in [-0.2, 0) is 14.8 Å². The number of benzene rings is 2. The normalized spacial score (nSPS) is 12.7. The second-order valence-corrected chi connectivity index (χ2v) is 9.28. The number of carbonyl (C=O) groups excluding carboxylic acids is 1. The largest absolute Gasteiger partial charge is 0.289 e. The van der Waals surface area contributed by atoms with Crippen LogP contribution in [0.1, 0.15) is 27.7 Å². The molecule has 0 atom stereocenters. The summed E-state index contributed by atoms with van der Waals surface area (Å²) in [4.78, 5) is 23.0. The predicted molar refractivity (Wildman–Crippen MR) is 114 cm³/mol. The van der Waals surface area contributed by atoms with Crippen LogP contribution in [0.4, 0.5) is 11.4 Å². The van der Waals surface area contributed by atoms with E-state index in [9.17, 15) is 23.3 Å². The Labute approximate surface area is 175 Å². The van der Waals surface area contributed by atoms with Gasteiger partial charge in [0.15, 0.2) is 4.90 Å². The molecule has 9 nitrogen and oxygen atoms in total. The average molecular weight is 433 g/mol. The molecule has 2 aromatic rings. The zero-order chi connectivity index (χ0) is 22.7. The van der Waals surface area contributed by atoms with Gasteiger partial charge in [0.2, 0.25) is 0 Å². The van der Waals surface area contributed by atoms with E-state index >= 15 is 0 Å². The first-order chi connectivity index (χ1) is 13.9. The Morgan fingerprint density at radius 1 is 1.07 bits per heavy atom. The van der Waals surface area contributed by atoms with Crippen molar-refractivity contribution in [3.63, 3.8) is 0 Å². The predicted octanol–water partition coefficient (Wildman–Crippen LogP) is 3.10. The number of anilines is 1. The fraction of sp³-hybridized carbons (Fsp3) is 0.250. The quantitative estimate of drug-likeness (QED) is 0.237. The summed E-state index contributed by atoms with van der Waals surface area (Å²) < 4.78 is 28.2. The van der Waals surface area contributed by atoms with Gasteiger partial charge in [-0.25, -0.2) is 18.6 Å². The van der Waals surface area contributed by atoms with E-state index in [1.165, 1.54) is 24.3 Å². The van der Waals surface area contributed by atoms with E-state index in [0.29, 0.717) is 5.57 Å². The van der Waals surface area contributed by atoms with Gasteiger partial charge in [-0.15, -0.1) is 0 Å². The lowest BCUT2D eigenvalue weighted by molar-refractivity contribution is -0.387. The minimum Gasteiger partial charge on any atom is -0.289 e. The zero-order valence-electron chi connectivity index (χ0n) is 17.1. The third-order valence-corrected chi connectivity index (χ3v) is 6.38. The van der Waals surface area contributed by atoms with Crippen molar-refractivity contribution in [1.29, 1.82) is 0 Å². The van der Waals surface area contributed by atoms with E-state index in [4.69, 9.17) is 5.84 Å². The molecule has 10 heteroatoms. The average Bonchev–Trinajstić information content (AvgIpc) is 2.70. The molecule has 2 rings (SSSR count). The van der Waals surface area contributed by atoms with Gasteiger partial charge in [-0.2, -0.15) is 0 Å². The van der Waals surface area contributed by atoms with Gasteiger partial charge in [0, 0.05) is 6.07 Å². The molecule has 160 valence electrons. The van der Waals surface area contributed by atoms with Gasteiger partial charge in [0.05, 0.1) is 10.6 Å². The molecule has 1 amide bonds. The molecular formula is C20H24N4O5S. The minimum atomic E-state index is -4.57. The number of nitro benzene ring substituents is 1. The van der Waals surface area contributed by atoms with Gasteiger partial charge in [-0.3, -0.25) is 20.3 Å². The zero-order valence-corrected chi connectivity index (χ0v) is 17.9. The van der Waals surface area contributed by atoms with Gasteiger partial charge < -0.3 is 0 Å². The third-order valence-electron chi connectivity index (χ3n) is 4.60. The lowest BCUT2D eigenvalue weighted by Gasteiger charge is -2.31. The number of carbonyl (C=O) groups is 1. The van der Waals surface area contributed by atoms with Gasteiger partial charge in [0.25, 0.3) is 21.6 Å². The number of rotatable bonds is 6. The molecule has 0 aromatic heterocycles. The van der Waals surface area contributed by atoms with Gasteiger partial charge in [-0.1, -0.05) is 51.1 Å². The molecule has 0 aliphatic rings. The van der Waals surface area contributed by atoms with E-state index in [0.717, 1.165) is 16.4 Å². The van der Waals surface area contributed by atoms with Crippen LogP contribution >= 0.6 is 0 Å². The Morgan fingerprint density at radius 2 is 1.60 bits per heavy atom. The molecule has 0 unspecified atom stereocenters. The van der Waals surface area contributed by atoms with E-state index < -0.39 is 36.9 Å². The lowest BCUT2D eigenvalue weighted by Crippen LogP contribution is -2.43. The van der Waals surface area contributed by atoms with Crippen LogP contribution in [0.2, 0.25) is 0 Å². The molecule has 2 aromatic carbocycles. The third kappa shape index (κ3) is 4.50. The van der Waals surface area contributed by atoms with Gasteiger partial charge in [-0.05, 0) is 36.1 Å². The van der Waals surface area contributed by atoms with Crippen molar-refractivity contribution in [2.45, 2.75) is 32.6 Å². The molecule has 30 heavy (non-hydrogen) atoms. The summed E-state index contributed by atoms with van der Waals surface area (Å²) in [5, 5.41) is 11.5. The first kappa shape index (κ1) is 23.0. The van der Waals surface area contributed by atoms with Crippen molar-refractivity contribution < 1.29 is 18.1 Å². The Hall–Kier alpha value is -3.24. The highest BCUT2D eigenvalue weighted by atomic mass is 32.2. The van der Waals surface area contributed by atoms with E-state index in [1.54, 1.807) is 25.1 Å². The number of allylic oxidation sites excluding steroid dienone is 1. The smallest absolute Gasteiger partial charge is 0.289 e. The van der Waals surface area contributed by atoms with E-state index in [1.807, 2.05) is 26.2 Å². The Balaban J connectivity index is 2.96. The lowest BCUT2D eigenvalue weighted by atomic mass is 9.86. The standard InChI is InChI=1S/C20H24N4O5S/c1-14(20(2,3)4)18(19(25)22-21)23(15-10-6-5-7-11-15)30(28,29)17-13-9-8-12-16(17)24(26)27/h5-13H,21H2,1-4H3,(H,22,25)/b18-14+. The molecule has 0 aliphatic carbocycles. The van der Waals surface area contributed by atoms with Gasteiger partial charge >= 0.3 is 0 Å². The monoisotopic (exact) mass is 432 g/mol. The Kier molecular flexibility index (Phi) is 6.63. The summed E-state index contributed by atoms with van der Waals surface area (Å²) in [5.41, 5.74) is 1.13. The molecule has 0 radical (unpaired) electrons. The summed E-state index contributed by atoms with van der Waals surface area (Å²) in [6, 6.07) is 12.8. The van der Waals surface area contributed by atoms with Crippen LogP contribution in [0.15, 0.2) is 70.8 Å². The number of para-hydroxylation sites is 2. The molecular weight excluding hydrogens is 408 g/mol. The maximum Gasteiger partial charge on any atom is 0.289 e. The maximum absolute atomic E-state index is 13.7. The molecule has 3 N–H and O–H groups in total. The second kappa shape index (κ2) is 8.64. The number of hydrogen-bond donors (Lipinski definition) is 2.